The second-order valence-corrected chi connectivity index (χ2v) is 7.66. The Balaban J connectivity index is 1.71. The molecule has 0 spiro atoms. The van der Waals surface area contributed by atoms with E-state index < -0.39 is 42.0 Å². The highest BCUT2D eigenvalue weighted by atomic mass is 19.1. The van der Waals surface area contributed by atoms with E-state index in [2.05, 4.69) is 5.32 Å². The standard InChI is InChI=1S/C24H26FNO7/c1-16(27)30-14-13-26-23-24(2,25)20(33-22(29)18-11-7-4-8-12-18)19(32-23)15-31-21(28)17-9-5-3-6-10-17/h3-12,19-20,23,26H,13-15H2,1-2H3. The van der Waals surface area contributed by atoms with E-state index in [4.69, 9.17) is 18.9 Å². The van der Waals surface area contributed by atoms with Gasteiger partial charge in [-0.3, -0.25) is 10.1 Å². The summed E-state index contributed by atoms with van der Waals surface area (Å²) in [7, 11) is 0. The minimum atomic E-state index is -2.16. The SMILES string of the molecule is CC(=O)OCCNC1OC(COC(=O)c2ccccc2)C(OC(=O)c2ccccc2)C1(C)F. The van der Waals surface area contributed by atoms with Crippen LogP contribution < -0.4 is 5.32 Å². The highest BCUT2D eigenvalue weighted by Crippen LogP contribution is 2.36. The highest BCUT2D eigenvalue weighted by Gasteiger charge is 2.57. The molecule has 2 aromatic rings. The number of esters is 3. The van der Waals surface area contributed by atoms with Crippen molar-refractivity contribution in [1.29, 1.82) is 0 Å². The number of nitrogens with one attached hydrogen (secondary N) is 1. The monoisotopic (exact) mass is 459 g/mol. The Kier molecular flexibility index (Phi) is 8.13. The molecule has 0 bridgehead atoms. The fourth-order valence-electron chi connectivity index (χ4n) is 3.42. The number of carbonyl (C=O) groups is 3. The van der Waals surface area contributed by atoms with Gasteiger partial charge >= 0.3 is 17.9 Å². The maximum Gasteiger partial charge on any atom is 0.338 e. The van der Waals surface area contributed by atoms with Crippen LogP contribution in [0.25, 0.3) is 0 Å². The molecule has 1 saturated heterocycles. The largest absolute Gasteiger partial charge is 0.465 e. The summed E-state index contributed by atoms with van der Waals surface area (Å²) in [5, 5.41) is 2.81. The number of ether oxygens (including phenoxy) is 4. The van der Waals surface area contributed by atoms with E-state index in [1.54, 1.807) is 60.7 Å². The molecule has 1 aliphatic heterocycles. The third-order valence-corrected chi connectivity index (χ3v) is 5.09. The molecule has 9 heteroatoms. The Labute approximate surface area is 191 Å². The highest BCUT2D eigenvalue weighted by molar-refractivity contribution is 5.90. The topological polar surface area (TPSA) is 100 Å². The Morgan fingerprint density at radius 3 is 2.12 bits per heavy atom. The van der Waals surface area contributed by atoms with Gasteiger partial charge < -0.3 is 18.9 Å². The maximum atomic E-state index is 15.8. The molecule has 0 saturated carbocycles. The molecule has 0 aliphatic carbocycles. The van der Waals surface area contributed by atoms with Crippen molar-refractivity contribution in [3.05, 3.63) is 71.8 Å². The lowest BCUT2D eigenvalue weighted by Gasteiger charge is -2.27. The van der Waals surface area contributed by atoms with Crippen molar-refractivity contribution in [2.75, 3.05) is 19.8 Å². The van der Waals surface area contributed by atoms with Gasteiger partial charge in [-0.1, -0.05) is 36.4 Å². The lowest BCUT2D eigenvalue weighted by Crippen LogP contribution is -2.50. The smallest absolute Gasteiger partial charge is 0.338 e. The minimum Gasteiger partial charge on any atom is -0.465 e. The Bertz CT molecular complexity index is 952. The van der Waals surface area contributed by atoms with Crippen LogP contribution in [0.1, 0.15) is 34.6 Å². The minimum absolute atomic E-state index is 0.00734. The Morgan fingerprint density at radius 1 is 0.970 bits per heavy atom. The molecule has 0 radical (unpaired) electrons. The summed E-state index contributed by atoms with van der Waals surface area (Å²) in [5.41, 5.74) is -1.59. The molecule has 1 heterocycles. The normalized spacial score (nSPS) is 24.2. The van der Waals surface area contributed by atoms with E-state index in [0.29, 0.717) is 5.56 Å². The average Bonchev–Trinajstić information content (AvgIpc) is 3.05. The van der Waals surface area contributed by atoms with Gasteiger partial charge in [-0.15, -0.1) is 0 Å². The molecule has 1 N–H and O–H groups in total. The summed E-state index contributed by atoms with van der Waals surface area (Å²) < 4.78 is 37.2. The summed E-state index contributed by atoms with van der Waals surface area (Å²) in [5.74, 6) is -1.81. The number of hydrogen-bond acceptors (Lipinski definition) is 8. The quantitative estimate of drug-likeness (QED) is 0.347. The van der Waals surface area contributed by atoms with Crippen molar-refractivity contribution >= 4 is 17.9 Å². The molecule has 0 amide bonds. The molecule has 33 heavy (non-hydrogen) atoms. The maximum absolute atomic E-state index is 15.8. The number of alkyl halides is 1. The van der Waals surface area contributed by atoms with Gasteiger partial charge in [-0.25, -0.2) is 14.0 Å². The van der Waals surface area contributed by atoms with Crippen LogP contribution in [0.2, 0.25) is 0 Å². The van der Waals surface area contributed by atoms with Crippen LogP contribution in [-0.2, 0) is 23.7 Å². The molecule has 3 rings (SSSR count). The second-order valence-electron chi connectivity index (χ2n) is 7.66. The molecule has 2 aromatic carbocycles. The third-order valence-electron chi connectivity index (χ3n) is 5.09. The van der Waals surface area contributed by atoms with Gasteiger partial charge in [-0.05, 0) is 31.2 Å². The summed E-state index contributed by atoms with van der Waals surface area (Å²) in [6.07, 6.45) is -3.62. The van der Waals surface area contributed by atoms with Crippen molar-refractivity contribution in [2.24, 2.45) is 0 Å². The fraction of sp³-hybridized carbons (Fsp3) is 0.375. The predicted octanol–water partition coefficient (Wildman–Crippen LogP) is 2.67. The van der Waals surface area contributed by atoms with Gasteiger partial charge in [-0.2, -0.15) is 0 Å². The zero-order valence-corrected chi connectivity index (χ0v) is 18.4. The van der Waals surface area contributed by atoms with Crippen LogP contribution in [0.15, 0.2) is 60.7 Å². The van der Waals surface area contributed by atoms with E-state index in [0.717, 1.165) is 0 Å². The summed E-state index contributed by atoms with van der Waals surface area (Å²) in [6, 6.07) is 16.5. The van der Waals surface area contributed by atoms with E-state index in [1.807, 2.05) is 0 Å². The van der Waals surface area contributed by atoms with Crippen LogP contribution in [-0.4, -0.2) is 61.8 Å². The lowest BCUT2D eigenvalue weighted by atomic mass is 9.98. The molecule has 1 aliphatic rings. The van der Waals surface area contributed by atoms with Crippen molar-refractivity contribution in [2.45, 2.75) is 38.0 Å². The first kappa shape index (κ1) is 24.3. The van der Waals surface area contributed by atoms with Gasteiger partial charge in [0.15, 0.2) is 11.8 Å². The molecular formula is C24H26FNO7. The van der Waals surface area contributed by atoms with Crippen LogP contribution in [0.3, 0.4) is 0 Å². The average molecular weight is 459 g/mol. The van der Waals surface area contributed by atoms with Gasteiger partial charge in [0.05, 0.1) is 11.1 Å². The van der Waals surface area contributed by atoms with E-state index >= 15 is 4.39 Å². The molecule has 176 valence electrons. The second kappa shape index (κ2) is 11.0. The van der Waals surface area contributed by atoms with Gasteiger partial charge in [0.25, 0.3) is 0 Å². The van der Waals surface area contributed by atoms with E-state index in [-0.39, 0.29) is 25.3 Å². The zero-order chi connectivity index (χ0) is 23.8. The summed E-state index contributed by atoms with van der Waals surface area (Å²) >= 11 is 0. The van der Waals surface area contributed by atoms with Crippen LogP contribution in [0, 0.1) is 0 Å². The molecule has 4 unspecified atom stereocenters. The van der Waals surface area contributed by atoms with Gasteiger partial charge in [0, 0.05) is 13.5 Å². The first-order valence-corrected chi connectivity index (χ1v) is 10.5. The summed E-state index contributed by atoms with van der Waals surface area (Å²) in [4.78, 5) is 35.9. The number of hydrogen-bond donors (Lipinski definition) is 1. The van der Waals surface area contributed by atoms with Crippen LogP contribution >= 0.6 is 0 Å². The van der Waals surface area contributed by atoms with Crippen molar-refractivity contribution in [1.82, 2.24) is 5.32 Å². The molecule has 0 aromatic heterocycles. The fourth-order valence-corrected chi connectivity index (χ4v) is 3.42. The first-order valence-electron chi connectivity index (χ1n) is 10.5. The number of benzene rings is 2. The van der Waals surface area contributed by atoms with Crippen LogP contribution in [0.5, 0.6) is 0 Å². The number of halogens is 1. The van der Waals surface area contributed by atoms with Crippen LogP contribution in [0.4, 0.5) is 4.39 Å². The molecule has 8 nitrogen and oxygen atoms in total. The zero-order valence-electron chi connectivity index (χ0n) is 18.4. The van der Waals surface area contributed by atoms with Crippen molar-refractivity contribution < 1.29 is 37.7 Å². The van der Waals surface area contributed by atoms with Crippen molar-refractivity contribution in [3.63, 3.8) is 0 Å². The van der Waals surface area contributed by atoms with Gasteiger partial charge in [0.2, 0.25) is 0 Å². The molecular weight excluding hydrogens is 433 g/mol. The third kappa shape index (κ3) is 6.36. The Hall–Kier alpha value is -3.30. The van der Waals surface area contributed by atoms with E-state index in [9.17, 15) is 14.4 Å². The molecule has 4 atom stereocenters. The molecule has 1 fully saturated rings. The first-order chi connectivity index (χ1) is 15.8. The number of carbonyl (C=O) groups excluding carboxylic acids is 3. The Morgan fingerprint density at radius 2 is 1.55 bits per heavy atom. The predicted molar refractivity (Wildman–Crippen MR) is 115 cm³/mol. The van der Waals surface area contributed by atoms with Crippen molar-refractivity contribution in [3.8, 4) is 0 Å². The number of rotatable bonds is 9. The summed E-state index contributed by atoms with van der Waals surface area (Å²) in [6.45, 7) is 2.29. The van der Waals surface area contributed by atoms with E-state index in [1.165, 1.54) is 13.8 Å². The lowest BCUT2D eigenvalue weighted by molar-refractivity contribution is -0.141. The van der Waals surface area contributed by atoms with Gasteiger partial charge in [0.1, 0.15) is 25.5 Å².